The van der Waals surface area contributed by atoms with Gasteiger partial charge in [-0.05, 0) is 37.1 Å². The monoisotopic (exact) mass is 369 g/mol. The Kier molecular flexibility index (Phi) is 5.80. The summed E-state index contributed by atoms with van der Waals surface area (Å²) in [7, 11) is 0. The van der Waals surface area contributed by atoms with Gasteiger partial charge in [-0.25, -0.2) is 9.18 Å². The van der Waals surface area contributed by atoms with Gasteiger partial charge >= 0.3 is 6.09 Å². The Labute approximate surface area is 156 Å². The molecule has 1 aromatic carbocycles. The number of carbonyl (C=O) groups is 1. The lowest BCUT2D eigenvalue weighted by Crippen LogP contribution is -2.40. The smallest absolute Gasteiger partial charge is 0.415 e. The third-order valence-corrected chi connectivity index (χ3v) is 4.40. The van der Waals surface area contributed by atoms with Crippen LogP contribution in [-0.4, -0.2) is 35.0 Å². The van der Waals surface area contributed by atoms with E-state index in [2.05, 4.69) is 11.6 Å². The molecule has 1 aliphatic rings. The van der Waals surface area contributed by atoms with Crippen molar-refractivity contribution in [1.82, 2.24) is 9.88 Å². The van der Waals surface area contributed by atoms with Crippen molar-refractivity contribution in [1.29, 1.82) is 5.41 Å². The number of rotatable bonds is 4. The van der Waals surface area contributed by atoms with Crippen LogP contribution in [0.3, 0.4) is 0 Å². The number of nitrogens with one attached hydrogen (secondary N) is 1. The minimum atomic E-state index is -0.511. The first-order valence-electron chi connectivity index (χ1n) is 8.61. The molecule has 1 saturated heterocycles. The second-order valence-electron chi connectivity index (χ2n) is 6.20. The number of piperidine rings is 1. The third kappa shape index (κ3) is 4.69. The van der Waals surface area contributed by atoms with Gasteiger partial charge < -0.3 is 14.4 Å². The van der Waals surface area contributed by atoms with E-state index in [0.29, 0.717) is 37.4 Å². The van der Waals surface area contributed by atoms with E-state index in [9.17, 15) is 9.18 Å². The van der Waals surface area contributed by atoms with Crippen molar-refractivity contribution in [3.05, 3.63) is 72.5 Å². The molecule has 1 amide bonds. The van der Waals surface area contributed by atoms with Gasteiger partial charge in [-0.15, -0.1) is 0 Å². The molecule has 27 heavy (non-hydrogen) atoms. The van der Waals surface area contributed by atoms with Crippen LogP contribution in [0.1, 0.15) is 18.4 Å². The Morgan fingerprint density at radius 2 is 1.96 bits per heavy atom. The maximum Gasteiger partial charge on any atom is 0.415 e. The van der Waals surface area contributed by atoms with E-state index < -0.39 is 11.9 Å². The number of ether oxygens (including phenoxy) is 2. The number of carbonyl (C=O) groups excluding carboxylic acids is 1. The maximum absolute atomic E-state index is 13.7. The second-order valence-corrected chi connectivity index (χ2v) is 6.20. The quantitative estimate of drug-likeness (QED) is 0.502. The first-order valence-corrected chi connectivity index (χ1v) is 8.61. The van der Waals surface area contributed by atoms with Crippen LogP contribution in [0, 0.1) is 17.1 Å². The fraction of sp³-hybridized carbons (Fsp3) is 0.250. The Bertz CT molecular complexity index is 833. The molecule has 1 N–H and O–H groups in total. The van der Waals surface area contributed by atoms with Crippen LogP contribution in [0.5, 0.6) is 5.75 Å². The topological polar surface area (TPSA) is 75.5 Å². The number of halogens is 1. The van der Waals surface area contributed by atoms with E-state index in [0.717, 1.165) is 0 Å². The Hall–Kier alpha value is -3.22. The van der Waals surface area contributed by atoms with Crippen molar-refractivity contribution in [2.24, 2.45) is 5.92 Å². The number of pyridine rings is 1. The van der Waals surface area contributed by atoms with Crippen molar-refractivity contribution in [2.75, 3.05) is 13.1 Å². The van der Waals surface area contributed by atoms with Crippen LogP contribution < -0.4 is 4.74 Å². The largest absolute Gasteiger partial charge is 0.444 e. The Balaban J connectivity index is 1.50. The summed E-state index contributed by atoms with van der Waals surface area (Å²) in [6.45, 7) is 4.85. The molecule has 1 fully saturated rings. The standard InChI is InChI=1S/C20H20FN3O3/c1-14(26-19(22)17-6-2-3-7-18(17)21)15-8-11-24(12-9-15)20(25)27-16-5-4-10-23-13-16/h2-7,10,13,15,22H,1,8-9,11-12H2. The lowest BCUT2D eigenvalue weighted by molar-refractivity contribution is 0.128. The molecular formula is C20H20FN3O3. The molecule has 0 aliphatic carbocycles. The normalized spacial score (nSPS) is 14.5. The fourth-order valence-electron chi connectivity index (χ4n) is 2.87. The molecule has 0 saturated carbocycles. The van der Waals surface area contributed by atoms with Gasteiger partial charge in [-0.2, -0.15) is 0 Å². The van der Waals surface area contributed by atoms with Crippen molar-refractivity contribution < 1.29 is 18.7 Å². The third-order valence-electron chi connectivity index (χ3n) is 4.40. The summed E-state index contributed by atoms with van der Waals surface area (Å²) in [5.74, 6) is 0.0126. The molecule has 0 spiro atoms. The molecule has 0 unspecified atom stereocenters. The summed E-state index contributed by atoms with van der Waals surface area (Å²) in [6, 6.07) is 9.33. The first kappa shape index (κ1) is 18.6. The molecule has 7 heteroatoms. The van der Waals surface area contributed by atoms with Gasteiger partial charge in [0.2, 0.25) is 5.90 Å². The minimum absolute atomic E-state index is 0.0143. The van der Waals surface area contributed by atoms with Crippen molar-refractivity contribution in [3.8, 4) is 5.75 Å². The summed E-state index contributed by atoms with van der Waals surface area (Å²) in [6.07, 6.45) is 3.92. The summed E-state index contributed by atoms with van der Waals surface area (Å²) < 4.78 is 24.5. The Morgan fingerprint density at radius 3 is 2.63 bits per heavy atom. The van der Waals surface area contributed by atoms with Gasteiger partial charge in [0.1, 0.15) is 11.6 Å². The maximum atomic E-state index is 13.7. The van der Waals surface area contributed by atoms with Crippen molar-refractivity contribution in [2.45, 2.75) is 12.8 Å². The van der Waals surface area contributed by atoms with E-state index in [1.165, 1.54) is 18.3 Å². The number of aromatic nitrogens is 1. The summed E-state index contributed by atoms with van der Waals surface area (Å²) in [5.41, 5.74) is 0.0936. The molecule has 0 bridgehead atoms. The Morgan fingerprint density at radius 1 is 1.22 bits per heavy atom. The van der Waals surface area contributed by atoms with E-state index in [4.69, 9.17) is 14.9 Å². The van der Waals surface area contributed by atoms with E-state index in [-0.39, 0.29) is 17.4 Å². The summed E-state index contributed by atoms with van der Waals surface area (Å²) >= 11 is 0. The number of likely N-dealkylation sites (tertiary alicyclic amines) is 1. The predicted molar refractivity (Wildman–Crippen MR) is 98.0 cm³/mol. The molecule has 1 aliphatic heterocycles. The molecule has 2 heterocycles. The van der Waals surface area contributed by atoms with Crippen LogP contribution in [-0.2, 0) is 4.74 Å². The molecule has 1 aromatic heterocycles. The molecule has 2 aromatic rings. The number of benzene rings is 1. The van der Waals surface area contributed by atoms with Gasteiger partial charge in [0.05, 0.1) is 11.8 Å². The van der Waals surface area contributed by atoms with Crippen LogP contribution in [0.4, 0.5) is 9.18 Å². The van der Waals surface area contributed by atoms with E-state index in [1.54, 1.807) is 35.4 Å². The molecule has 0 atom stereocenters. The first-order chi connectivity index (χ1) is 13.0. The molecule has 0 radical (unpaired) electrons. The van der Waals surface area contributed by atoms with Gasteiger partial charge in [0.25, 0.3) is 0 Å². The summed E-state index contributed by atoms with van der Waals surface area (Å²) in [5, 5.41) is 7.94. The molecule has 6 nitrogen and oxygen atoms in total. The number of hydrogen-bond donors (Lipinski definition) is 1. The van der Waals surface area contributed by atoms with Crippen LogP contribution in [0.2, 0.25) is 0 Å². The predicted octanol–water partition coefficient (Wildman–Crippen LogP) is 3.99. The molecular weight excluding hydrogens is 349 g/mol. The zero-order chi connectivity index (χ0) is 19.2. The molecule has 140 valence electrons. The zero-order valence-electron chi connectivity index (χ0n) is 14.7. The lowest BCUT2D eigenvalue weighted by atomic mass is 9.95. The van der Waals surface area contributed by atoms with Crippen LogP contribution in [0.25, 0.3) is 0 Å². The molecule has 3 rings (SSSR count). The highest BCUT2D eigenvalue weighted by Crippen LogP contribution is 2.26. The summed E-state index contributed by atoms with van der Waals surface area (Å²) in [4.78, 5) is 17.7. The van der Waals surface area contributed by atoms with Crippen molar-refractivity contribution in [3.63, 3.8) is 0 Å². The van der Waals surface area contributed by atoms with Gasteiger partial charge in [0.15, 0.2) is 5.75 Å². The average molecular weight is 369 g/mol. The lowest BCUT2D eigenvalue weighted by Gasteiger charge is -2.31. The van der Waals surface area contributed by atoms with E-state index >= 15 is 0 Å². The fourth-order valence-corrected chi connectivity index (χ4v) is 2.87. The second kappa shape index (κ2) is 8.44. The number of hydrogen-bond acceptors (Lipinski definition) is 5. The van der Waals surface area contributed by atoms with Crippen LogP contribution in [0.15, 0.2) is 61.1 Å². The highest BCUT2D eigenvalue weighted by atomic mass is 19.1. The number of allylic oxidation sites excluding steroid dienone is 1. The van der Waals surface area contributed by atoms with Crippen molar-refractivity contribution >= 4 is 12.0 Å². The van der Waals surface area contributed by atoms with Gasteiger partial charge in [-0.1, -0.05) is 18.7 Å². The van der Waals surface area contributed by atoms with Crippen LogP contribution >= 0.6 is 0 Å². The SMILES string of the molecule is C=C(OC(=N)c1ccccc1F)C1CCN(C(=O)Oc2cccnc2)CC1. The number of amides is 1. The van der Waals surface area contributed by atoms with Gasteiger partial charge in [0, 0.05) is 25.2 Å². The zero-order valence-corrected chi connectivity index (χ0v) is 14.7. The van der Waals surface area contributed by atoms with E-state index in [1.807, 2.05) is 0 Å². The average Bonchev–Trinajstić information content (AvgIpc) is 2.69. The highest BCUT2D eigenvalue weighted by Gasteiger charge is 2.27. The highest BCUT2D eigenvalue weighted by molar-refractivity contribution is 5.92. The van der Waals surface area contributed by atoms with Gasteiger partial charge in [-0.3, -0.25) is 10.4 Å². The number of nitrogens with zero attached hydrogens (tertiary/aromatic N) is 2. The minimum Gasteiger partial charge on any atom is -0.444 e.